The van der Waals surface area contributed by atoms with Crippen molar-refractivity contribution in [2.75, 3.05) is 0 Å². The van der Waals surface area contributed by atoms with Gasteiger partial charge in [-0.15, -0.1) is 0 Å². The fraction of sp³-hybridized carbons (Fsp3) is 0. The van der Waals surface area contributed by atoms with Crippen LogP contribution in [0.25, 0.3) is 0 Å². The molecule has 0 bridgehead atoms. The van der Waals surface area contributed by atoms with Gasteiger partial charge in [-0.05, 0) is 0 Å². The predicted molar refractivity (Wildman–Crippen MR) is 11.0 cm³/mol. The maximum atomic E-state index is 0. The molecule has 0 aromatic carbocycles. The zero-order valence-electron chi connectivity index (χ0n) is 2.91. The van der Waals surface area contributed by atoms with Crippen LogP contribution < -0.4 is 103 Å². The van der Waals surface area contributed by atoms with Gasteiger partial charge in [0.25, 0.3) is 0 Å². The fourth-order valence-corrected chi connectivity index (χ4v) is 0. The van der Waals surface area contributed by atoms with Crippen molar-refractivity contribution < 1.29 is 108 Å². The van der Waals surface area contributed by atoms with Crippen molar-refractivity contribution in [3.63, 3.8) is 0 Å². The molecular weight excluding hydrogens is 126 g/mol. The molecule has 0 atom stereocenters. The van der Waals surface area contributed by atoms with Crippen molar-refractivity contribution >= 4 is 13.5 Å². The molecule has 0 aliphatic heterocycles. The van der Waals surface area contributed by atoms with Crippen LogP contribution in [0, 0.1) is 0 Å². The molecule has 1 nitrogen and oxygen atoms in total. The first-order valence-electron chi connectivity index (χ1n) is 0. The van der Waals surface area contributed by atoms with Gasteiger partial charge < -0.3 is 19.0 Å². The van der Waals surface area contributed by atoms with Crippen molar-refractivity contribution in [2.45, 2.75) is 0 Å². The Balaban J connectivity index is 0. The van der Waals surface area contributed by atoms with Crippen molar-refractivity contribution in [2.24, 2.45) is 0 Å². The summed E-state index contributed by atoms with van der Waals surface area (Å²) in [7, 11) is 0. The minimum Gasteiger partial charge on any atom is -2.00 e. The summed E-state index contributed by atoms with van der Waals surface area (Å²) in [5, 5.41) is 0. The van der Waals surface area contributed by atoms with Gasteiger partial charge in [0.2, 0.25) is 0 Å². The predicted octanol–water partition coefficient (Wildman–Crippen LogP) is -6.82. The Kier molecular flexibility index (Phi) is 102. The molecule has 0 saturated heterocycles. The molecule has 4 heteroatoms. The molecule has 2 N–H and O–H groups in total. The third-order valence-corrected chi connectivity index (χ3v) is 0. The Hall–Kier alpha value is 3.58. The molecule has 0 radical (unpaired) electrons. The summed E-state index contributed by atoms with van der Waals surface area (Å²) in [5.41, 5.74) is 0. The summed E-state index contributed by atoms with van der Waals surface area (Å²) in [6.07, 6.45) is 0. The van der Waals surface area contributed by atoms with Gasteiger partial charge in [0.15, 0.2) is 0 Å². The van der Waals surface area contributed by atoms with Gasteiger partial charge in [-0.3, -0.25) is 0 Å². The van der Waals surface area contributed by atoms with Gasteiger partial charge >= 0.3 is 103 Å². The molecule has 0 saturated carbocycles. The minimum absolute atomic E-state index is 0. The van der Waals surface area contributed by atoms with E-state index in [1.54, 1.807) is 0 Å². The van der Waals surface area contributed by atoms with Crippen LogP contribution in [0.15, 0.2) is 0 Å². The molecule has 0 aliphatic carbocycles. The van der Waals surface area contributed by atoms with Gasteiger partial charge in [0.1, 0.15) is 0 Å². The first-order valence-corrected chi connectivity index (χ1v) is 0. The molecule has 0 unspecified atom stereocenters. The third-order valence-electron chi connectivity index (χ3n) is 0. The van der Waals surface area contributed by atoms with Crippen LogP contribution in [0.4, 0.5) is 0 Å². The largest absolute Gasteiger partial charge is 2.00 e. The summed E-state index contributed by atoms with van der Waals surface area (Å²) in [6, 6.07) is 0. The average Bonchev–Trinajstić information content (AvgIpc) is 0. The Bertz CT molecular complexity index is 6.00. The van der Waals surface area contributed by atoms with Crippen LogP contribution in [0.3, 0.4) is 0 Å². The van der Waals surface area contributed by atoms with Gasteiger partial charge in [-0.25, -0.2) is 0 Å². The summed E-state index contributed by atoms with van der Waals surface area (Å²) in [6.45, 7) is 0. The van der Waals surface area contributed by atoms with Gasteiger partial charge in [0, 0.05) is 0 Å². The number of hydrogen-bond acceptors (Lipinski definition) is 0. The zero-order chi connectivity index (χ0) is 0. The van der Waals surface area contributed by atoms with E-state index in [2.05, 4.69) is 0 Å². The molecule has 0 spiro atoms. The van der Waals surface area contributed by atoms with E-state index < -0.39 is 0 Å². The van der Waals surface area contributed by atoms with Crippen molar-refractivity contribution in [1.29, 1.82) is 0 Å². The molecule has 0 aromatic rings. The molecule has 0 aromatic heterocycles. The first kappa shape index (κ1) is 25.6. The summed E-state index contributed by atoms with van der Waals surface area (Å²) < 4.78 is 0. The zero-order valence-corrected chi connectivity index (χ0v) is 9.97. The molecule has 0 aliphatic rings. The smallest absolute Gasteiger partial charge is 1.00 e. The number of rotatable bonds is 0. The van der Waals surface area contributed by atoms with E-state index in [4.69, 9.17) is 0 Å². The summed E-state index contributed by atoms with van der Waals surface area (Å²) in [4.78, 5) is 0. The number of hydrogen-bond donors (Lipinski definition) is 0. The Labute approximate surface area is 118 Å². The van der Waals surface area contributed by atoms with Crippen LogP contribution in [0.5, 0.6) is 0 Å². The van der Waals surface area contributed by atoms with E-state index in [1.165, 1.54) is 0 Å². The minimum atomic E-state index is 0. The van der Waals surface area contributed by atoms with Crippen molar-refractivity contribution in [3.05, 3.63) is 0 Å². The van der Waals surface area contributed by atoms with Crippen LogP contribution in [0.1, 0.15) is 0 Å². The Morgan fingerprint density at radius 2 is 0.750 bits per heavy atom. The van der Waals surface area contributed by atoms with Gasteiger partial charge in [-0.1, -0.05) is 0 Å². The van der Waals surface area contributed by atoms with E-state index >= 15 is 0 Å². The average molecular weight is 128 g/mol. The van der Waals surface area contributed by atoms with Crippen LogP contribution in [-0.4, -0.2) is 5.48 Å². The maximum Gasteiger partial charge on any atom is 1.00 e. The Morgan fingerprint density at radius 1 is 0.750 bits per heavy atom. The molecule has 4 heavy (non-hydrogen) atoms. The van der Waals surface area contributed by atoms with Crippen LogP contribution in [-0.2, 0) is 13.5 Å². The summed E-state index contributed by atoms with van der Waals surface area (Å²) >= 11 is 0. The molecule has 0 heterocycles. The normalized spacial score (nSPS) is 0. The van der Waals surface area contributed by atoms with E-state index in [0.29, 0.717) is 0 Å². The molecule has 0 amide bonds. The Morgan fingerprint density at radius 3 is 0.750 bits per heavy atom. The summed E-state index contributed by atoms with van der Waals surface area (Å²) in [5.74, 6) is 0. The van der Waals surface area contributed by atoms with Gasteiger partial charge in [0.05, 0.1) is 0 Å². The van der Waals surface area contributed by atoms with Crippen molar-refractivity contribution in [1.82, 2.24) is 0 Å². The SMILES string of the molecule is O.[K+].[K+].[S-2]. The second kappa shape index (κ2) is 16.0. The molecule has 16 valence electrons. The molecule has 0 fully saturated rings. The van der Waals surface area contributed by atoms with E-state index in [9.17, 15) is 0 Å². The fourth-order valence-electron chi connectivity index (χ4n) is 0. The maximum absolute atomic E-state index is 0. The second-order valence-corrected chi connectivity index (χ2v) is 0. The standard InChI is InChI=1S/2K.H2O.S/h;;1H2;/q2*+1;;-2. The van der Waals surface area contributed by atoms with Crippen LogP contribution in [0.2, 0.25) is 0 Å². The van der Waals surface area contributed by atoms with Crippen LogP contribution >= 0.6 is 0 Å². The van der Waals surface area contributed by atoms with Gasteiger partial charge in [-0.2, -0.15) is 0 Å². The second-order valence-electron chi connectivity index (χ2n) is 0. The topological polar surface area (TPSA) is 31.5 Å². The van der Waals surface area contributed by atoms with E-state index in [1.807, 2.05) is 0 Å². The van der Waals surface area contributed by atoms with E-state index in [-0.39, 0.29) is 122 Å². The quantitative estimate of drug-likeness (QED) is 0.291. The first-order chi connectivity index (χ1) is 0. The molecule has 0 rings (SSSR count). The third kappa shape index (κ3) is 9.13. The van der Waals surface area contributed by atoms with Crippen molar-refractivity contribution in [3.8, 4) is 0 Å². The monoisotopic (exact) mass is 128 g/mol. The molecular formula is H2K2OS. The van der Waals surface area contributed by atoms with E-state index in [0.717, 1.165) is 0 Å².